The number of amides is 2. The molecule has 2 bridgehead atoms. The van der Waals surface area contributed by atoms with E-state index in [1.165, 1.54) is 19.1 Å². The highest BCUT2D eigenvalue weighted by Crippen LogP contribution is 2.38. The number of ether oxygens (including phenoxy) is 7. The van der Waals surface area contributed by atoms with Crippen molar-refractivity contribution >= 4 is 35.3 Å². The zero-order valence-corrected chi connectivity index (χ0v) is 45.7. The van der Waals surface area contributed by atoms with Crippen LogP contribution < -0.4 is 5.32 Å². The highest BCUT2D eigenvalue weighted by Gasteiger charge is 2.53. The van der Waals surface area contributed by atoms with Crippen molar-refractivity contribution in [3.8, 4) is 0 Å². The molecule has 18 heteroatoms. The molecule has 18 nitrogen and oxygen atoms in total. The van der Waals surface area contributed by atoms with E-state index in [9.17, 15) is 44.1 Å². The molecule has 3 fully saturated rings. The highest BCUT2D eigenvalue weighted by molar-refractivity contribution is 6.39. The number of nitrogens with one attached hydrogen (secondary N) is 1. The Morgan fingerprint density at radius 2 is 1.62 bits per heavy atom. The molecule has 0 aromatic carbocycles. The standard InChI is InChI=1S/C56H88N2O16/c1-34-16-12-11-13-17-35(2)46(71-26-27-72-55(66)57-8)32-42-21-19-40(7)56(67,74-42)52(63)53(64)58-23-15-14-18-43(58)54(65)73-47(37(4)30-41-20-22-45(70-25-24-59)48(31-41)68-9)33-44(60)36(3)29-39(6)50(62)51(69-10)49(61)38(5)28-34/h11-13,16-17,29,34,36-38,40-43,45-48,50-51,59,62,67H,14-15,18-28,30-33H2,1-10H3,(H,57,66)/b13-11?,16-12+,35-17?,39-29+/t34-,36-,37-,38-,40-,41?,42+,43+,45-,46+,47?,48-,50-,51+,56-/m1/s1. The lowest BCUT2D eigenvalue weighted by Gasteiger charge is -2.43. The van der Waals surface area contributed by atoms with E-state index in [2.05, 4.69) is 5.32 Å². The Labute approximate surface area is 438 Å². The predicted octanol–water partition coefficient (Wildman–Crippen LogP) is 5.92. The van der Waals surface area contributed by atoms with Crippen molar-refractivity contribution in [1.29, 1.82) is 0 Å². The largest absolute Gasteiger partial charge is 0.460 e. The summed E-state index contributed by atoms with van der Waals surface area (Å²) >= 11 is 0. The summed E-state index contributed by atoms with van der Waals surface area (Å²) < 4.78 is 41.2. The topological polar surface area (TPSA) is 243 Å². The smallest absolute Gasteiger partial charge is 0.406 e. The number of aliphatic hydroxyl groups excluding tert-OH is 2. The molecule has 4 aliphatic rings. The second-order valence-corrected chi connectivity index (χ2v) is 21.2. The van der Waals surface area contributed by atoms with Crippen molar-refractivity contribution in [2.75, 3.05) is 54.2 Å². The number of piperidine rings is 1. The Hall–Kier alpha value is -4.14. The summed E-state index contributed by atoms with van der Waals surface area (Å²) in [5, 5.41) is 35.4. The van der Waals surface area contributed by atoms with Crippen LogP contribution in [-0.2, 0) is 57.1 Å². The van der Waals surface area contributed by atoms with Crippen LogP contribution in [0.15, 0.2) is 47.6 Å². The van der Waals surface area contributed by atoms with Gasteiger partial charge in [-0.05, 0) is 107 Å². The third-order valence-electron chi connectivity index (χ3n) is 15.4. The van der Waals surface area contributed by atoms with Crippen LogP contribution in [0.4, 0.5) is 4.79 Å². The molecule has 1 saturated carbocycles. The number of esters is 1. The van der Waals surface area contributed by atoms with E-state index in [0.717, 1.165) is 12.0 Å². The van der Waals surface area contributed by atoms with Crippen LogP contribution >= 0.6 is 0 Å². The molecule has 0 aromatic heterocycles. The van der Waals surface area contributed by atoms with Gasteiger partial charge in [-0.1, -0.05) is 71.1 Å². The molecule has 3 heterocycles. The molecular weight excluding hydrogens is 957 g/mol. The summed E-state index contributed by atoms with van der Waals surface area (Å²) in [6.45, 7) is 12.6. The maximum absolute atomic E-state index is 14.6. The van der Waals surface area contributed by atoms with Gasteiger partial charge >= 0.3 is 12.1 Å². The number of allylic oxidation sites excluding steroid dienone is 6. The van der Waals surface area contributed by atoms with Gasteiger partial charge in [0.2, 0.25) is 5.79 Å². The number of aliphatic hydroxyl groups is 3. The van der Waals surface area contributed by atoms with Crippen molar-refractivity contribution in [2.24, 2.45) is 35.5 Å². The van der Waals surface area contributed by atoms with E-state index in [0.29, 0.717) is 56.9 Å². The van der Waals surface area contributed by atoms with Crippen LogP contribution in [0.2, 0.25) is 0 Å². The van der Waals surface area contributed by atoms with Gasteiger partial charge in [-0.3, -0.25) is 19.2 Å². The number of alkyl carbamates (subject to hydrolysis) is 1. The van der Waals surface area contributed by atoms with Crippen molar-refractivity contribution < 1.29 is 77.2 Å². The number of carbonyl (C=O) groups is 6. The minimum absolute atomic E-state index is 0.0268. The van der Waals surface area contributed by atoms with Gasteiger partial charge in [0.15, 0.2) is 5.78 Å². The number of cyclic esters (lactones) is 1. The fraction of sp³-hybridized carbons (Fsp3) is 0.750. The molecule has 2 unspecified atom stereocenters. The van der Waals surface area contributed by atoms with Gasteiger partial charge in [0.1, 0.15) is 36.7 Å². The number of fused-ring (bicyclic) bond motifs is 3. The summed E-state index contributed by atoms with van der Waals surface area (Å²) in [6.07, 6.45) is 10.2. The second kappa shape index (κ2) is 30.6. The average Bonchev–Trinajstić information content (AvgIpc) is 3.38. The number of hydrogen-bond acceptors (Lipinski definition) is 16. The number of nitrogens with zero attached hydrogens (tertiary/aromatic N) is 1. The molecule has 4 rings (SSSR count). The number of ketones is 3. The zero-order valence-electron chi connectivity index (χ0n) is 45.7. The first-order valence-corrected chi connectivity index (χ1v) is 26.8. The molecule has 4 N–H and O–H groups in total. The molecule has 2 saturated heterocycles. The van der Waals surface area contributed by atoms with Crippen LogP contribution in [0.3, 0.4) is 0 Å². The number of methoxy groups -OCH3 is 2. The number of carbonyl (C=O) groups excluding carboxylic acids is 6. The fourth-order valence-electron chi connectivity index (χ4n) is 10.8. The first-order chi connectivity index (χ1) is 35.2. The van der Waals surface area contributed by atoms with Crippen molar-refractivity contribution in [3.05, 3.63) is 47.6 Å². The van der Waals surface area contributed by atoms with Crippen LogP contribution in [0, 0.1) is 35.5 Å². The van der Waals surface area contributed by atoms with Gasteiger partial charge in [-0.25, -0.2) is 9.59 Å². The Bertz CT molecular complexity index is 1990. The molecular formula is C56H88N2O16. The third-order valence-corrected chi connectivity index (χ3v) is 15.4. The lowest BCUT2D eigenvalue weighted by atomic mass is 9.78. The van der Waals surface area contributed by atoms with Gasteiger partial charge in [0.05, 0.1) is 44.2 Å². The summed E-state index contributed by atoms with van der Waals surface area (Å²) in [7, 11) is 4.43. The van der Waals surface area contributed by atoms with Crippen molar-refractivity contribution in [3.63, 3.8) is 0 Å². The predicted molar refractivity (Wildman–Crippen MR) is 275 cm³/mol. The zero-order chi connectivity index (χ0) is 54.7. The first kappa shape index (κ1) is 62.4. The van der Waals surface area contributed by atoms with Crippen LogP contribution in [-0.4, -0.2) is 164 Å². The summed E-state index contributed by atoms with van der Waals surface area (Å²) in [5.74, 6) is -8.46. The highest BCUT2D eigenvalue weighted by atomic mass is 16.6. The second-order valence-electron chi connectivity index (χ2n) is 21.2. The van der Waals surface area contributed by atoms with E-state index in [1.54, 1.807) is 40.9 Å². The number of hydrogen-bond donors (Lipinski definition) is 4. The maximum atomic E-state index is 14.6. The van der Waals surface area contributed by atoms with Gasteiger partial charge in [0.25, 0.3) is 11.7 Å². The minimum Gasteiger partial charge on any atom is -0.460 e. The van der Waals surface area contributed by atoms with Crippen LogP contribution in [0.1, 0.15) is 126 Å². The Morgan fingerprint density at radius 1 is 0.878 bits per heavy atom. The SMILES string of the molecule is CNC(=O)OCCO[C@H]1C[C@@H]2CC[C@@H](C)[C@@](O)(O2)C(=O)C(=O)N2CCCC[C@H]2C(=O)OC([C@H](C)CC2CC[C@@H](OCCO)[C@H](OC)C2)CC(=O)[C@H](C)/C=C(\C)[C@@H](O)[C@@H](OC)C(=O)[C@H](C)C[C@H](C)/C=C/C=CC=C1C. The van der Waals surface area contributed by atoms with Gasteiger partial charge < -0.3 is 58.7 Å². The molecule has 1 aliphatic carbocycles. The molecule has 2 amide bonds. The van der Waals surface area contributed by atoms with Crippen molar-refractivity contribution in [1.82, 2.24) is 10.2 Å². The van der Waals surface area contributed by atoms with Crippen molar-refractivity contribution in [2.45, 2.75) is 180 Å². The van der Waals surface area contributed by atoms with Gasteiger partial charge in [-0.2, -0.15) is 0 Å². The molecule has 0 radical (unpaired) electrons. The Kier molecular flexibility index (Phi) is 25.8. The lowest BCUT2D eigenvalue weighted by Crippen LogP contribution is -2.61. The normalized spacial score (nSPS) is 35.7. The van der Waals surface area contributed by atoms with E-state index in [-0.39, 0.29) is 93.8 Å². The number of Topliss-reactive ketones (excluding diaryl/α,β-unsaturated/α-hetero) is 3. The van der Waals surface area contributed by atoms with Crippen LogP contribution in [0.5, 0.6) is 0 Å². The first-order valence-electron chi connectivity index (χ1n) is 26.8. The lowest BCUT2D eigenvalue weighted by molar-refractivity contribution is -0.266. The third kappa shape index (κ3) is 17.7. The summed E-state index contributed by atoms with van der Waals surface area (Å²) in [6, 6.07) is -1.19. The minimum atomic E-state index is -2.52. The maximum Gasteiger partial charge on any atom is 0.406 e. The van der Waals surface area contributed by atoms with E-state index in [1.807, 2.05) is 51.2 Å². The molecule has 3 aliphatic heterocycles. The molecule has 418 valence electrons. The van der Waals surface area contributed by atoms with E-state index < -0.39 is 83.9 Å². The summed E-state index contributed by atoms with van der Waals surface area (Å²) in [4.78, 5) is 84.4. The van der Waals surface area contributed by atoms with E-state index in [4.69, 9.17) is 33.2 Å². The summed E-state index contributed by atoms with van der Waals surface area (Å²) in [5.41, 5.74) is 1.13. The van der Waals surface area contributed by atoms with E-state index >= 15 is 0 Å². The molecule has 74 heavy (non-hydrogen) atoms. The average molecular weight is 1050 g/mol. The van der Waals surface area contributed by atoms with Gasteiger partial charge in [0, 0.05) is 58.4 Å². The van der Waals surface area contributed by atoms with Gasteiger partial charge in [-0.15, -0.1) is 0 Å². The fourth-order valence-corrected chi connectivity index (χ4v) is 10.8. The monoisotopic (exact) mass is 1040 g/mol. The Morgan fingerprint density at radius 3 is 2.31 bits per heavy atom. The quantitative estimate of drug-likeness (QED) is 0.0767. The molecule has 0 aromatic rings. The number of rotatable bonds is 12. The molecule has 15 atom stereocenters. The Balaban J connectivity index is 1.71. The molecule has 0 spiro atoms. The van der Waals surface area contributed by atoms with Crippen LogP contribution in [0.25, 0.3) is 0 Å².